The summed E-state index contributed by atoms with van der Waals surface area (Å²) in [5, 5.41) is 8.35. The second-order valence-electron chi connectivity index (χ2n) is 8.21. The third-order valence-corrected chi connectivity index (χ3v) is 5.62. The number of carbonyl (C=O) groups is 3. The highest BCUT2D eigenvalue weighted by Crippen LogP contribution is 2.31. The normalized spacial score (nSPS) is 13.6. The first-order valence-electron chi connectivity index (χ1n) is 11.2. The summed E-state index contributed by atoms with van der Waals surface area (Å²) in [4.78, 5) is 38.4. The monoisotopic (exact) mass is 496 g/mol. The summed E-state index contributed by atoms with van der Waals surface area (Å²) in [5.74, 6) is -0.851. The number of alkyl halides is 3. The molecule has 0 aromatic heterocycles. The Morgan fingerprint density at radius 3 is 2.44 bits per heavy atom. The molecule has 0 atom stereocenters. The smallest absolute Gasteiger partial charge is 0.355 e. The number of amides is 3. The standard InChI is InChI=1S/C26H23F3N4O3/c27-26(28,29)19-4-3-5-20(14-19)32-22-7-2-1-6-21(22)24(35)31-15-17-8-10-18(11-9-17)25(36)33-13-12-30-23(34)16-33/h1-11,14,32H,12-13,15-16H2,(H,30,34)(H,31,35). The SMILES string of the molecule is O=C1CN(C(=O)c2ccc(CNC(=O)c3ccccc3Nc3cccc(C(F)(F)F)c3)cc2)CCN1. The van der Waals surface area contributed by atoms with E-state index in [1.807, 2.05) is 0 Å². The van der Waals surface area contributed by atoms with Crippen LogP contribution in [0, 0.1) is 0 Å². The van der Waals surface area contributed by atoms with E-state index >= 15 is 0 Å². The maximum absolute atomic E-state index is 13.0. The number of hydrogen-bond acceptors (Lipinski definition) is 4. The largest absolute Gasteiger partial charge is 0.416 e. The van der Waals surface area contributed by atoms with Crippen molar-refractivity contribution in [3.05, 3.63) is 95.1 Å². The Kier molecular flexibility index (Phi) is 7.23. The Morgan fingerprint density at radius 2 is 1.72 bits per heavy atom. The summed E-state index contributed by atoms with van der Waals surface area (Å²) < 4.78 is 39.1. The van der Waals surface area contributed by atoms with E-state index in [2.05, 4.69) is 16.0 Å². The van der Waals surface area contributed by atoms with Crippen molar-refractivity contribution in [3.8, 4) is 0 Å². The first-order chi connectivity index (χ1) is 17.2. The molecule has 0 unspecified atom stereocenters. The molecule has 3 aromatic rings. The zero-order valence-electron chi connectivity index (χ0n) is 19.1. The Hall–Kier alpha value is -4.34. The topological polar surface area (TPSA) is 90.5 Å². The van der Waals surface area contributed by atoms with Crippen LogP contribution in [0.25, 0.3) is 0 Å². The Bertz CT molecular complexity index is 1280. The fourth-order valence-electron chi connectivity index (χ4n) is 3.76. The van der Waals surface area contributed by atoms with Gasteiger partial charge in [-0.15, -0.1) is 0 Å². The van der Waals surface area contributed by atoms with Gasteiger partial charge in [0.15, 0.2) is 0 Å². The lowest BCUT2D eigenvalue weighted by Crippen LogP contribution is -2.49. The van der Waals surface area contributed by atoms with Crippen LogP contribution < -0.4 is 16.0 Å². The van der Waals surface area contributed by atoms with Crippen molar-refractivity contribution in [2.45, 2.75) is 12.7 Å². The number of para-hydroxylation sites is 1. The molecule has 0 bridgehead atoms. The number of carbonyl (C=O) groups excluding carboxylic acids is 3. The number of rotatable bonds is 6. The Morgan fingerprint density at radius 1 is 0.972 bits per heavy atom. The lowest BCUT2D eigenvalue weighted by Gasteiger charge is -2.26. The third kappa shape index (κ3) is 6.01. The van der Waals surface area contributed by atoms with Gasteiger partial charge in [-0.25, -0.2) is 0 Å². The molecule has 7 nitrogen and oxygen atoms in total. The van der Waals surface area contributed by atoms with E-state index < -0.39 is 17.6 Å². The van der Waals surface area contributed by atoms with Crippen molar-refractivity contribution in [1.29, 1.82) is 0 Å². The number of piperazine rings is 1. The summed E-state index contributed by atoms with van der Waals surface area (Å²) in [6.45, 7) is 1.05. The quantitative estimate of drug-likeness (QED) is 0.482. The number of halogens is 3. The molecule has 10 heteroatoms. The minimum absolute atomic E-state index is 0.0184. The molecule has 3 N–H and O–H groups in total. The van der Waals surface area contributed by atoms with Gasteiger partial charge in [-0.3, -0.25) is 14.4 Å². The molecule has 0 aliphatic carbocycles. The van der Waals surface area contributed by atoms with Gasteiger partial charge in [-0.1, -0.05) is 30.3 Å². The van der Waals surface area contributed by atoms with Gasteiger partial charge in [-0.2, -0.15) is 13.2 Å². The van der Waals surface area contributed by atoms with Gasteiger partial charge >= 0.3 is 6.18 Å². The van der Waals surface area contributed by atoms with Crippen molar-refractivity contribution < 1.29 is 27.6 Å². The van der Waals surface area contributed by atoms with Gasteiger partial charge in [0.2, 0.25) is 5.91 Å². The molecule has 1 aliphatic rings. The second-order valence-corrected chi connectivity index (χ2v) is 8.21. The molecule has 1 aliphatic heterocycles. The number of nitrogens with one attached hydrogen (secondary N) is 3. The van der Waals surface area contributed by atoms with Crippen molar-refractivity contribution in [2.75, 3.05) is 25.0 Å². The van der Waals surface area contributed by atoms with Crippen molar-refractivity contribution in [3.63, 3.8) is 0 Å². The molecule has 0 saturated carbocycles. The summed E-state index contributed by atoms with van der Waals surface area (Å²) in [5.41, 5.74) is 1.23. The average molecular weight is 496 g/mol. The minimum atomic E-state index is -4.48. The summed E-state index contributed by atoms with van der Waals surface area (Å²) in [7, 11) is 0. The average Bonchev–Trinajstić information content (AvgIpc) is 2.87. The Labute approximate surface area is 205 Å². The van der Waals surface area contributed by atoms with Crippen LogP contribution in [0.3, 0.4) is 0 Å². The molecule has 3 aromatic carbocycles. The van der Waals surface area contributed by atoms with E-state index in [4.69, 9.17) is 0 Å². The molecule has 4 rings (SSSR count). The first kappa shape index (κ1) is 24.8. The van der Waals surface area contributed by atoms with Gasteiger partial charge in [0.05, 0.1) is 23.4 Å². The molecule has 1 heterocycles. The fraction of sp³-hybridized carbons (Fsp3) is 0.192. The maximum Gasteiger partial charge on any atom is 0.416 e. The Balaban J connectivity index is 1.40. The molecule has 36 heavy (non-hydrogen) atoms. The predicted octanol–water partition coefficient (Wildman–Crippen LogP) is 3.95. The van der Waals surface area contributed by atoms with Gasteiger partial charge in [0, 0.05) is 30.9 Å². The zero-order valence-corrected chi connectivity index (χ0v) is 19.1. The predicted molar refractivity (Wildman–Crippen MR) is 128 cm³/mol. The number of anilines is 2. The first-order valence-corrected chi connectivity index (χ1v) is 11.2. The van der Waals surface area contributed by atoms with Crippen LogP contribution in [0.4, 0.5) is 24.5 Å². The van der Waals surface area contributed by atoms with Crippen LogP contribution in [0.2, 0.25) is 0 Å². The van der Waals surface area contributed by atoms with Crippen molar-refractivity contribution in [2.24, 2.45) is 0 Å². The third-order valence-electron chi connectivity index (χ3n) is 5.62. The molecular formula is C26H23F3N4O3. The number of nitrogens with zero attached hydrogens (tertiary/aromatic N) is 1. The van der Waals surface area contributed by atoms with E-state index in [0.29, 0.717) is 24.3 Å². The molecule has 186 valence electrons. The maximum atomic E-state index is 13.0. The van der Waals surface area contributed by atoms with Gasteiger partial charge < -0.3 is 20.9 Å². The van der Waals surface area contributed by atoms with Crippen LogP contribution in [0.5, 0.6) is 0 Å². The number of benzene rings is 3. The lowest BCUT2D eigenvalue weighted by molar-refractivity contribution is -0.137. The molecule has 0 radical (unpaired) electrons. The minimum Gasteiger partial charge on any atom is -0.355 e. The highest BCUT2D eigenvalue weighted by molar-refractivity contribution is 6.00. The van der Waals surface area contributed by atoms with Crippen molar-refractivity contribution in [1.82, 2.24) is 15.5 Å². The molecule has 1 saturated heterocycles. The highest BCUT2D eigenvalue weighted by atomic mass is 19.4. The summed E-state index contributed by atoms with van der Waals surface area (Å²) in [6, 6.07) is 18.0. The highest BCUT2D eigenvalue weighted by Gasteiger charge is 2.30. The molecule has 3 amide bonds. The zero-order chi connectivity index (χ0) is 25.7. The van der Waals surface area contributed by atoms with Crippen molar-refractivity contribution >= 4 is 29.1 Å². The van der Waals surface area contributed by atoms with Crippen LogP contribution in [-0.2, 0) is 17.5 Å². The van der Waals surface area contributed by atoms with Gasteiger partial charge in [0.25, 0.3) is 11.8 Å². The van der Waals surface area contributed by atoms with E-state index in [1.165, 1.54) is 17.0 Å². The lowest BCUT2D eigenvalue weighted by atomic mass is 10.1. The van der Waals surface area contributed by atoms with Gasteiger partial charge in [-0.05, 0) is 48.0 Å². The summed E-state index contributed by atoms with van der Waals surface area (Å²) in [6.07, 6.45) is -4.48. The van der Waals surface area contributed by atoms with E-state index in [-0.39, 0.29) is 36.2 Å². The van der Waals surface area contributed by atoms with E-state index in [0.717, 1.165) is 17.7 Å². The molecule has 1 fully saturated rings. The molecular weight excluding hydrogens is 473 g/mol. The van der Waals surface area contributed by atoms with Crippen LogP contribution in [-0.4, -0.2) is 42.3 Å². The fourth-order valence-corrected chi connectivity index (χ4v) is 3.76. The van der Waals surface area contributed by atoms with Crippen LogP contribution in [0.15, 0.2) is 72.8 Å². The van der Waals surface area contributed by atoms with Gasteiger partial charge in [0.1, 0.15) is 0 Å². The van der Waals surface area contributed by atoms with E-state index in [9.17, 15) is 27.6 Å². The second kappa shape index (κ2) is 10.5. The van der Waals surface area contributed by atoms with Crippen LogP contribution >= 0.6 is 0 Å². The molecule has 0 spiro atoms. The van der Waals surface area contributed by atoms with Crippen LogP contribution in [0.1, 0.15) is 31.8 Å². The summed E-state index contributed by atoms with van der Waals surface area (Å²) >= 11 is 0. The van der Waals surface area contributed by atoms with E-state index in [1.54, 1.807) is 48.5 Å². The number of hydrogen-bond donors (Lipinski definition) is 3.